The Balaban J connectivity index is 3.18. The molecule has 0 atom stereocenters. The average molecular weight is 190 g/mol. The Labute approximate surface area is 68.7 Å². The molecular weight excluding hydrogens is 184 g/mol. The van der Waals surface area contributed by atoms with Crippen LogP contribution in [-0.2, 0) is 10.1 Å². The van der Waals surface area contributed by atoms with Crippen LogP contribution in [0, 0.1) is 0 Å². The van der Waals surface area contributed by atoms with E-state index in [9.17, 15) is 8.42 Å². The van der Waals surface area contributed by atoms with Crippen molar-refractivity contribution in [3.63, 3.8) is 0 Å². The lowest BCUT2D eigenvalue weighted by atomic mass is 10.3. The monoisotopic (exact) mass is 190 g/mol. The average Bonchev–Trinajstić information content (AvgIpc) is 2.32. The first kappa shape index (κ1) is 8.45. The van der Waals surface area contributed by atoms with Gasteiger partial charge < -0.3 is 0 Å². The van der Waals surface area contributed by atoms with Crippen LogP contribution in [-0.4, -0.2) is 13.0 Å². The van der Waals surface area contributed by atoms with Crippen molar-refractivity contribution in [2.75, 3.05) is 0 Å². The van der Waals surface area contributed by atoms with Crippen LogP contribution in [0.25, 0.3) is 6.08 Å². The predicted molar refractivity (Wildman–Crippen MR) is 44.2 cm³/mol. The molecule has 0 saturated carbocycles. The maximum atomic E-state index is 10.5. The Morgan fingerprint density at radius 2 is 2.27 bits per heavy atom. The van der Waals surface area contributed by atoms with Crippen molar-refractivity contribution in [3.05, 3.63) is 23.6 Å². The summed E-state index contributed by atoms with van der Waals surface area (Å²) in [7, 11) is -4.02. The second kappa shape index (κ2) is 2.77. The number of rotatable bonds is 2. The quantitative estimate of drug-likeness (QED) is 0.721. The van der Waals surface area contributed by atoms with E-state index < -0.39 is 10.1 Å². The Bertz CT molecular complexity index is 361. The molecule has 1 aromatic heterocycles. The summed E-state index contributed by atoms with van der Waals surface area (Å²) in [5.74, 6) is 0. The van der Waals surface area contributed by atoms with Gasteiger partial charge in [-0.15, -0.1) is 11.3 Å². The van der Waals surface area contributed by atoms with Crippen molar-refractivity contribution in [1.82, 2.24) is 0 Å². The van der Waals surface area contributed by atoms with E-state index >= 15 is 0 Å². The number of hydrogen-bond acceptors (Lipinski definition) is 3. The Kier molecular flexibility index (Phi) is 2.12. The number of hydrogen-bond donors (Lipinski definition) is 1. The molecule has 0 aliphatic carbocycles. The molecule has 0 bridgehead atoms. The van der Waals surface area contributed by atoms with E-state index in [0.29, 0.717) is 5.56 Å². The lowest BCUT2D eigenvalue weighted by Gasteiger charge is -1.85. The third kappa shape index (κ3) is 1.89. The first-order valence-electron chi connectivity index (χ1n) is 2.72. The standard InChI is InChI=1S/C6H6O3S2/c1-2-5-3-6(10-4-5)11(7,8)9/h2-4H,1H2,(H,7,8,9). The van der Waals surface area contributed by atoms with E-state index in [1.54, 1.807) is 5.38 Å². The summed E-state index contributed by atoms with van der Waals surface area (Å²) in [4.78, 5) is 0. The molecule has 0 aliphatic heterocycles. The third-order valence-corrected chi connectivity index (χ3v) is 3.37. The van der Waals surface area contributed by atoms with Gasteiger partial charge in [0.2, 0.25) is 0 Å². The van der Waals surface area contributed by atoms with Crippen LogP contribution in [0.5, 0.6) is 0 Å². The first-order valence-corrected chi connectivity index (χ1v) is 5.04. The van der Waals surface area contributed by atoms with Gasteiger partial charge in [-0.1, -0.05) is 12.7 Å². The van der Waals surface area contributed by atoms with E-state index in [1.165, 1.54) is 12.1 Å². The SMILES string of the molecule is C=Cc1csc(S(=O)(=O)O)c1. The summed E-state index contributed by atoms with van der Waals surface area (Å²) >= 11 is 0.972. The normalized spacial score (nSPS) is 11.4. The van der Waals surface area contributed by atoms with Crippen molar-refractivity contribution >= 4 is 27.5 Å². The minimum atomic E-state index is -4.02. The summed E-state index contributed by atoms with van der Waals surface area (Å²) in [5.41, 5.74) is 0.697. The fraction of sp³-hybridized carbons (Fsp3) is 0. The van der Waals surface area contributed by atoms with Gasteiger partial charge in [-0.05, 0) is 17.0 Å². The molecular formula is C6H6O3S2. The van der Waals surface area contributed by atoms with Gasteiger partial charge in [-0.25, -0.2) is 0 Å². The molecule has 11 heavy (non-hydrogen) atoms. The topological polar surface area (TPSA) is 54.4 Å². The van der Waals surface area contributed by atoms with E-state index in [0.717, 1.165) is 11.3 Å². The molecule has 0 aromatic carbocycles. The van der Waals surface area contributed by atoms with Crippen LogP contribution in [0.1, 0.15) is 5.56 Å². The van der Waals surface area contributed by atoms with Crippen LogP contribution in [0.2, 0.25) is 0 Å². The molecule has 60 valence electrons. The van der Waals surface area contributed by atoms with Crippen LogP contribution in [0.15, 0.2) is 22.2 Å². The molecule has 3 nitrogen and oxygen atoms in total. The zero-order valence-electron chi connectivity index (χ0n) is 5.52. The summed E-state index contributed by atoms with van der Waals surface area (Å²) < 4.78 is 29.5. The molecule has 5 heteroatoms. The second-order valence-electron chi connectivity index (χ2n) is 1.88. The predicted octanol–water partition coefficient (Wildman–Crippen LogP) is 1.64. The smallest absolute Gasteiger partial charge is 0.281 e. The van der Waals surface area contributed by atoms with Gasteiger partial charge in [0, 0.05) is 0 Å². The van der Waals surface area contributed by atoms with Crippen LogP contribution >= 0.6 is 11.3 Å². The maximum Gasteiger partial charge on any atom is 0.304 e. The summed E-state index contributed by atoms with van der Waals surface area (Å²) in [6.45, 7) is 3.46. The Hall–Kier alpha value is -0.650. The molecule has 0 unspecified atom stereocenters. The molecule has 0 amide bonds. The largest absolute Gasteiger partial charge is 0.304 e. The van der Waals surface area contributed by atoms with Crippen molar-refractivity contribution in [2.24, 2.45) is 0 Å². The maximum absolute atomic E-state index is 10.5. The van der Waals surface area contributed by atoms with Gasteiger partial charge in [0.1, 0.15) is 4.21 Å². The fourth-order valence-electron chi connectivity index (χ4n) is 0.573. The van der Waals surface area contributed by atoms with Crippen LogP contribution in [0.3, 0.4) is 0 Å². The van der Waals surface area contributed by atoms with E-state index in [1.807, 2.05) is 0 Å². The summed E-state index contributed by atoms with van der Waals surface area (Å²) in [6.07, 6.45) is 1.52. The van der Waals surface area contributed by atoms with Gasteiger partial charge >= 0.3 is 10.1 Å². The van der Waals surface area contributed by atoms with Gasteiger partial charge in [0.25, 0.3) is 0 Å². The van der Waals surface area contributed by atoms with Crippen LogP contribution < -0.4 is 0 Å². The molecule has 1 aromatic rings. The highest BCUT2D eigenvalue weighted by molar-refractivity contribution is 7.88. The Morgan fingerprint density at radius 3 is 2.55 bits per heavy atom. The first-order chi connectivity index (χ1) is 5.04. The lowest BCUT2D eigenvalue weighted by Crippen LogP contribution is -1.93. The molecule has 0 aliphatic rings. The highest BCUT2D eigenvalue weighted by atomic mass is 32.3. The van der Waals surface area contributed by atoms with Gasteiger partial charge in [0.15, 0.2) is 0 Å². The molecule has 1 rings (SSSR count). The van der Waals surface area contributed by atoms with Gasteiger partial charge in [-0.2, -0.15) is 8.42 Å². The van der Waals surface area contributed by atoms with Gasteiger partial charge in [0.05, 0.1) is 0 Å². The third-order valence-electron chi connectivity index (χ3n) is 1.09. The molecule has 0 fully saturated rings. The molecule has 0 radical (unpaired) electrons. The molecule has 1 heterocycles. The fourth-order valence-corrected chi connectivity index (χ4v) is 2.11. The Morgan fingerprint density at radius 1 is 1.64 bits per heavy atom. The van der Waals surface area contributed by atoms with E-state index in [-0.39, 0.29) is 4.21 Å². The van der Waals surface area contributed by atoms with Gasteiger partial charge in [-0.3, -0.25) is 4.55 Å². The summed E-state index contributed by atoms with van der Waals surface area (Å²) in [5, 5.41) is 1.61. The zero-order chi connectivity index (χ0) is 8.48. The molecule has 0 spiro atoms. The van der Waals surface area contributed by atoms with Crippen molar-refractivity contribution < 1.29 is 13.0 Å². The molecule has 1 N–H and O–H groups in total. The van der Waals surface area contributed by atoms with Crippen LogP contribution in [0.4, 0.5) is 0 Å². The minimum Gasteiger partial charge on any atom is -0.281 e. The van der Waals surface area contributed by atoms with Crippen molar-refractivity contribution in [1.29, 1.82) is 0 Å². The second-order valence-corrected chi connectivity index (χ2v) is 4.44. The molecule has 0 saturated heterocycles. The van der Waals surface area contributed by atoms with E-state index in [4.69, 9.17) is 4.55 Å². The van der Waals surface area contributed by atoms with Crippen molar-refractivity contribution in [3.8, 4) is 0 Å². The number of thiophene rings is 1. The highest BCUT2D eigenvalue weighted by Crippen LogP contribution is 2.19. The minimum absolute atomic E-state index is 0.0487. The van der Waals surface area contributed by atoms with E-state index in [2.05, 4.69) is 6.58 Å². The lowest BCUT2D eigenvalue weighted by molar-refractivity contribution is 0.485. The highest BCUT2D eigenvalue weighted by Gasteiger charge is 2.10. The summed E-state index contributed by atoms with van der Waals surface area (Å²) in [6, 6.07) is 1.37. The zero-order valence-corrected chi connectivity index (χ0v) is 7.15. The van der Waals surface area contributed by atoms with Crippen molar-refractivity contribution in [2.45, 2.75) is 4.21 Å².